The third-order valence-corrected chi connectivity index (χ3v) is 3.54. The van der Waals surface area contributed by atoms with Crippen LogP contribution < -0.4 is 5.73 Å². The minimum absolute atomic E-state index is 0.0712. The van der Waals surface area contributed by atoms with Crippen LogP contribution in [-0.2, 0) is 4.74 Å². The predicted molar refractivity (Wildman–Crippen MR) is 123 cm³/mol. The van der Waals surface area contributed by atoms with E-state index in [0.717, 1.165) is 11.8 Å². The number of halogens is 1. The van der Waals surface area contributed by atoms with Crippen molar-refractivity contribution in [2.24, 2.45) is 20.7 Å². The lowest BCUT2D eigenvalue weighted by Gasteiger charge is -2.05. The SMILES string of the molecule is C=CC(=N/C(=C\C)C(N)=NC(=Nc1ccncc1F)c1cc(C=C)c[nH]1)OC.CC. The molecule has 2 aromatic rings. The molecular weight excluding hydrogens is 383 g/mol. The topological polar surface area (TPSA) is 101 Å². The van der Waals surface area contributed by atoms with Gasteiger partial charge in [-0.15, -0.1) is 0 Å². The number of nitrogens with two attached hydrogens (primary N) is 1. The Morgan fingerprint density at radius 2 is 2.03 bits per heavy atom. The Morgan fingerprint density at radius 1 is 1.30 bits per heavy atom. The number of aliphatic imine (C=N–C) groups is 3. The molecule has 0 amide bonds. The van der Waals surface area contributed by atoms with Crippen LogP contribution in [0.25, 0.3) is 6.08 Å². The summed E-state index contributed by atoms with van der Waals surface area (Å²) in [6, 6.07) is 3.21. The number of H-pyrrole nitrogens is 1. The molecule has 2 aromatic heterocycles. The van der Waals surface area contributed by atoms with E-state index in [2.05, 4.69) is 38.1 Å². The van der Waals surface area contributed by atoms with Gasteiger partial charge in [-0.3, -0.25) is 4.98 Å². The molecule has 0 aliphatic rings. The fourth-order valence-electron chi connectivity index (χ4n) is 2.11. The number of nitrogens with one attached hydrogen (secondary N) is 1. The monoisotopic (exact) mass is 410 g/mol. The van der Waals surface area contributed by atoms with E-state index < -0.39 is 5.82 Å². The number of hydrogen-bond donors (Lipinski definition) is 2. The number of methoxy groups -OCH3 is 1. The largest absolute Gasteiger partial charge is 0.481 e. The van der Waals surface area contributed by atoms with E-state index >= 15 is 0 Å². The van der Waals surface area contributed by atoms with Crippen molar-refractivity contribution >= 4 is 29.3 Å². The fourth-order valence-corrected chi connectivity index (χ4v) is 2.11. The van der Waals surface area contributed by atoms with Crippen molar-refractivity contribution in [3.8, 4) is 0 Å². The second kappa shape index (κ2) is 12.6. The minimum atomic E-state index is -0.582. The minimum Gasteiger partial charge on any atom is -0.481 e. The van der Waals surface area contributed by atoms with Gasteiger partial charge in [-0.2, -0.15) is 0 Å². The molecule has 0 saturated heterocycles. The van der Waals surface area contributed by atoms with Crippen LogP contribution in [0.2, 0.25) is 0 Å². The van der Waals surface area contributed by atoms with Gasteiger partial charge in [-0.1, -0.05) is 39.2 Å². The molecule has 3 N–H and O–H groups in total. The zero-order valence-corrected chi connectivity index (χ0v) is 17.7. The van der Waals surface area contributed by atoms with Crippen LogP contribution in [0.5, 0.6) is 0 Å². The van der Waals surface area contributed by atoms with Crippen LogP contribution in [0, 0.1) is 5.82 Å². The van der Waals surface area contributed by atoms with Crippen LogP contribution in [-0.4, -0.2) is 34.6 Å². The van der Waals surface area contributed by atoms with Gasteiger partial charge in [-0.05, 0) is 30.7 Å². The highest BCUT2D eigenvalue weighted by atomic mass is 19.1. The van der Waals surface area contributed by atoms with E-state index in [-0.39, 0.29) is 23.3 Å². The molecule has 0 fully saturated rings. The second-order valence-electron chi connectivity index (χ2n) is 5.34. The van der Waals surface area contributed by atoms with E-state index in [9.17, 15) is 4.39 Å². The summed E-state index contributed by atoms with van der Waals surface area (Å²) >= 11 is 0. The predicted octanol–water partition coefficient (Wildman–Crippen LogP) is 4.79. The maximum atomic E-state index is 14.0. The second-order valence-corrected chi connectivity index (χ2v) is 5.34. The summed E-state index contributed by atoms with van der Waals surface area (Å²) in [5, 5.41) is 0. The maximum Gasteiger partial charge on any atom is 0.212 e. The molecule has 30 heavy (non-hydrogen) atoms. The van der Waals surface area contributed by atoms with Crippen molar-refractivity contribution in [1.82, 2.24) is 9.97 Å². The Kier molecular flexibility index (Phi) is 10.2. The Morgan fingerprint density at radius 3 is 2.57 bits per heavy atom. The van der Waals surface area contributed by atoms with E-state index in [1.807, 2.05) is 13.8 Å². The molecule has 0 spiro atoms. The van der Waals surface area contributed by atoms with Gasteiger partial charge < -0.3 is 15.5 Å². The highest BCUT2D eigenvalue weighted by Crippen LogP contribution is 2.18. The van der Waals surface area contributed by atoms with Crippen LogP contribution in [0.4, 0.5) is 10.1 Å². The number of pyridine rings is 1. The molecule has 8 heteroatoms. The Hall–Kier alpha value is -3.81. The molecule has 7 nitrogen and oxygen atoms in total. The number of ether oxygens (including phenoxy) is 1. The Labute approximate surface area is 176 Å². The van der Waals surface area contributed by atoms with Gasteiger partial charge in [0.25, 0.3) is 0 Å². The van der Waals surface area contributed by atoms with E-state index in [4.69, 9.17) is 10.5 Å². The molecule has 0 aromatic carbocycles. The van der Waals surface area contributed by atoms with Crippen LogP contribution >= 0.6 is 0 Å². The molecule has 158 valence electrons. The number of aromatic nitrogens is 2. The summed E-state index contributed by atoms with van der Waals surface area (Å²) in [7, 11) is 1.47. The first-order valence-corrected chi connectivity index (χ1v) is 9.27. The maximum absolute atomic E-state index is 14.0. The lowest BCUT2D eigenvalue weighted by Crippen LogP contribution is -2.18. The lowest BCUT2D eigenvalue weighted by atomic mass is 10.3. The third kappa shape index (κ3) is 6.66. The average Bonchev–Trinajstić information content (AvgIpc) is 3.26. The standard InChI is InChI=1S/C20H21FN6O.C2H6/c1-5-13-10-17(24-11-13)20(26-16-8-9-23-12-14(16)21)27-19(22)15(6-2)25-18(7-3)28-4;1-2/h5-12,24H,1,3H2,2,4H3,(H2,22,23,26,27);1-2H3/b15-6-,25-18?;. The molecule has 0 atom stereocenters. The van der Waals surface area contributed by atoms with Crippen LogP contribution in [0.15, 0.2) is 76.7 Å². The first-order valence-electron chi connectivity index (χ1n) is 9.27. The summed E-state index contributed by atoms with van der Waals surface area (Å²) in [4.78, 5) is 19.6. The van der Waals surface area contributed by atoms with Gasteiger partial charge in [0.15, 0.2) is 17.5 Å². The quantitative estimate of drug-likeness (QED) is 0.529. The average molecular weight is 410 g/mol. The summed E-state index contributed by atoms with van der Waals surface area (Å²) < 4.78 is 19.1. The van der Waals surface area contributed by atoms with Gasteiger partial charge >= 0.3 is 0 Å². The zero-order valence-electron chi connectivity index (χ0n) is 17.7. The Balaban J connectivity index is 0.00000218. The van der Waals surface area contributed by atoms with E-state index in [1.54, 1.807) is 31.3 Å². The molecule has 0 unspecified atom stereocenters. The summed E-state index contributed by atoms with van der Waals surface area (Å²) in [6.45, 7) is 13.1. The molecule has 0 saturated carbocycles. The summed E-state index contributed by atoms with van der Waals surface area (Å²) in [5.74, 6) is -0.0645. The van der Waals surface area contributed by atoms with Gasteiger partial charge in [-0.25, -0.2) is 19.4 Å². The van der Waals surface area contributed by atoms with Gasteiger partial charge in [0.05, 0.1) is 19.0 Å². The zero-order chi connectivity index (χ0) is 22.5. The number of allylic oxidation sites excluding steroid dienone is 1. The highest BCUT2D eigenvalue weighted by Gasteiger charge is 2.11. The molecule has 0 aliphatic heterocycles. The smallest absolute Gasteiger partial charge is 0.212 e. The third-order valence-electron chi connectivity index (χ3n) is 3.54. The van der Waals surface area contributed by atoms with Crippen molar-refractivity contribution in [2.45, 2.75) is 20.8 Å². The summed E-state index contributed by atoms with van der Waals surface area (Å²) in [5.41, 5.74) is 7.91. The molecule has 0 aliphatic carbocycles. The fraction of sp³-hybridized carbons (Fsp3) is 0.182. The number of rotatable bonds is 6. The molecule has 2 rings (SSSR count). The molecule has 0 radical (unpaired) electrons. The number of nitrogens with zero attached hydrogens (tertiary/aromatic N) is 4. The van der Waals surface area contributed by atoms with Crippen LogP contribution in [0.3, 0.4) is 0 Å². The van der Waals surface area contributed by atoms with Crippen molar-refractivity contribution in [1.29, 1.82) is 0 Å². The van der Waals surface area contributed by atoms with Gasteiger partial charge in [0, 0.05) is 12.4 Å². The first kappa shape index (κ1) is 24.2. The van der Waals surface area contributed by atoms with Crippen molar-refractivity contribution in [3.63, 3.8) is 0 Å². The van der Waals surface area contributed by atoms with E-state index in [0.29, 0.717) is 11.4 Å². The van der Waals surface area contributed by atoms with E-state index in [1.165, 1.54) is 25.4 Å². The van der Waals surface area contributed by atoms with Gasteiger partial charge in [0.1, 0.15) is 11.4 Å². The van der Waals surface area contributed by atoms with Crippen molar-refractivity contribution in [3.05, 3.63) is 78.8 Å². The number of aromatic amines is 1. The lowest BCUT2D eigenvalue weighted by molar-refractivity contribution is 0.407. The summed E-state index contributed by atoms with van der Waals surface area (Å²) in [6.07, 6.45) is 9.00. The number of amidine groups is 2. The number of hydrogen-bond acceptors (Lipinski definition) is 4. The Bertz CT molecular complexity index is 985. The first-order chi connectivity index (χ1) is 14.5. The van der Waals surface area contributed by atoms with Crippen LogP contribution in [0.1, 0.15) is 32.0 Å². The van der Waals surface area contributed by atoms with Crippen molar-refractivity contribution in [2.75, 3.05) is 7.11 Å². The van der Waals surface area contributed by atoms with Crippen molar-refractivity contribution < 1.29 is 9.13 Å². The molecule has 2 heterocycles. The highest BCUT2D eigenvalue weighted by molar-refractivity contribution is 6.11. The normalized spacial score (nSPS) is 12.7. The molecule has 0 bridgehead atoms. The van der Waals surface area contributed by atoms with Gasteiger partial charge in [0.2, 0.25) is 5.90 Å². The molecular formula is C22H27FN6O.